The van der Waals surface area contributed by atoms with Crippen molar-refractivity contribution in [2.45, 2.75) is 51.4 Å². The fourth-order valence-electron chi connectivity index (χ4n) is 2.50. The van der Waals surface area contributed by atoms with Crippen LogP contribution in [0.3, 0.4) is 0 Å². The van der Waals surface area contributed by atoms with Gasteiger partial charge in [0.25, 0.3) is 0 Å². The topological polar surface area (TPSA) is 67.9 Å². The minimum Gasteiger partial charge on any atom is -0.465 e. The van der Waals surface area contributed by atoms with Crippen molar-refractivity contribution in [3.8, 4) is 0 Å². The standard InChI is InChI=1S/C12H19N3O2/c1-3-17-11(16)12(7-5-4-6-8-12)10-13-9(2)14-15-10/h3-8H2,1-2H3,(H,13,14,15). The lowest BCUT2D eigenvalue weighted by Crippen LogP contribution is -2.40. The lowest BCUT2D eigenvalue weighted by atomic mass is 9.73. The molecule has 0 aromatic carbocycles. The number of carbonyl (C=O) groups is 1. The molecule has 0 atom stereocenters. The van der Waals surface area contributed by atoms with E-state index in [0.29, 0.717) is 12.4 Å². The Balaban J connectivity index is 2.32. The Morgan fingerprint density at radius 3 is 2.65 bits per heavy atom. The number of aromatic nitrogens is 3. The van der Waals surface area contributed by atoms with Crippen molar-refractivity contribution in [3.63, 3.8) is 0 Å². The second-order valence-electron chi connectivity index (χ2n) is 4.61. The molecule has 1 fully saturated rings. The molecule has 1 saturated carbocycles. The summed E-state index contributed by atoms with van der Waals surface area (Å²) >= 11 is 0. The van der Waals surface area contributed by atoms with Gasteiger partial charge in [-0.3, -0.25) is 9.89 Å². The Labute approximate surface area is 101 Å². The predicted molar refractivity (Wildman–Crippen MR) is 62.5 cm³/mol. The Morgan fingerprint density at radius 2 is 2.12 bits per heavy atom. The molecule has 17 heavy (non-hydrogen) atoms. The number of H-pyrrole nitrogens is 1. The van der Waals surface area contributed by atoms with E-state index in [2.05, 4.69) is 15.2 Å². The van der Waals surface area contributed by atoms with Crippen LogP contribution in [0.15, 0.2) is 0 Å². The van der Waals surface area contributed by atoms with Gasteiger partial charge in [-0.25, -0.2) is 4.98 Å². The Morgan fingerprint density at radius 1 is 1.41 bits per heavy atom. The number of hydrogen-bond donors (Lipinski definition) is 1. The smallest absolute Gasteiger partial charge is 0.319 e. The summed E-state index contributed by atoms with van der Waals surface area (Å²) in [6.07, 6.45) is 4.83. The lowest BCUT2D eigenvalue weighted by Gasteiger charge is -2.32. The van der Waals surface area contributed by atoms with Crippen molar-refractivity contribution in [1.82, 2.24) is 15.2 Å². The molecule has 1 aromatic rings. The quantitative estimate of drug-likeness (QED) is 0.815. The maximum atomic E-state index is 12.2. The Kier molecular flexibility index (Phi) is 3.45. The zero-order valence-corrected chi connectivity index (χ0v) is 10.5. The van der Waals surface area contributed by atoms with Gasteiger partial charge >= 0.3 is 5.97 Å². The van der Waals surface area contributed by atoms with Crippen molar-refractivity contribution in [2.75, 3.05) is 6.61 Å². The fraction of sp³-hybridized carbons (Fsp3) is 0.750. The van der Waals surface area contributed by atoms with Crippen molar-refractivity contribution in [3.05, 3.63) is 11.6 Å². The third kappa shape index (κ3) is 2.18. The number of ether oxygens (including phenoxy) is 1. The predicted octanol–water partition coefficient (Wildman–Crippen LogP) is 1.88. The summed E-state index contributed by atoms with van der Waals surface area (Å²) in [4.78, 5) is 16.6. The highest BCUT2D eigenvalue weighted by Crippen LogP contribution is 2.38. The highest BCUT2D eigenvalue weighted by molar-refractivity contribution is 5.82. The number of esters is 1. The molecule has 94 valence electrons. The molecule has 1 N–H and O–H groups in total. The van der Waals surface area contributed by atoms with E-state index in [9.17, 15) is 4.79 Å². The summed E-state index contributed by atoms with van der Waals surface area (Å²) in [5, 5.41) is 7.00. The molecule has 1 aromatic heterocycles. The molecule has 5 nitrogen and oxygen atoms in total. The van der Waals surface area contributed by atoms with E-state index in [4.69, 9.17) is 4.74 Å². The largest absolute Gasteiger partial charge is 0.465 e. The van der Waals surface area contributed by atoms with Gasteiger partial charge in [-0.15, -0.1) is 0 Å². The minimum atomic E-state index is -0.612. The zero-order chi connectivity index (χ0) is 12.3. The molecule has 0 unspecified atom stereocenters. The number of carbonyl (C=O) groups excluding carboxylic acids is 1. The van der Waals surface area contributed by atoms with Crippen LogP contribution < -0.4 is 0 Å². The molecule has 0 bridgehead atoms. The third-order valence-corrected chi connectivity index (χ3v) is 3.40. The zero-order valence-electron chi connectivity index (χ0n) is 10.5. The van der Waals surface area contributed by atoms with Crippen LogP contribution in [-0.4, -0.2) is 27.8 Å². The van der Waals surface area contributed by atoms with E-state index in [1.54, 1.807) is 0 Å². The van der Waals surface area contributed by atoms with Crippen LogP contribution in [0.4, 0.5) is 0 Å². The normalized spacial score (nSPS) is 18.9. The summed E-state index contributed by atoms with van der Waals surface area (Å²) < 4.78 is 5.22. The summed E-state index contributed by atoms with van der Waals surface area (Å²) in [6, 6.07) is 0. The van der Waals surface area contributed by atoms with Crippen LogP contribution in [0.1, 0.15) is 50.7 Å². The van der Waals surface area contributed by atoms with Crippen LogP contribution in [0.2, 0.25) is 0 Å². The monoisotopic (exact) mass is 237 g/mol. The van der Waals surface area contributed by atoms with Gasteiger partial charge < -0.3 is 4.74 Å². The van der Waals surface area contributed by atoms with Crippen LogP contribution in [0.5, 0.6) is 0 Å². The maximum Gasteiger partial charge on any atom is 0.319 e. The average molecular weight is 237 g/mol. The number of rotatable bonds is 3. The second-order valence-corrected chi connectivity index (χ2v) is 4.61. The SMILES string of the molecule is CCOC(=O)C1(c2n[nH]c(C)n2)CCCCC1. The minimum absolute atomic E-state index is 0.168. The first kappa shape index (κ1) is 12.1. The van der Waals surface area contributed by atoms with Gasteiger partial charge in [0.2, 0.25) is 0 Å². The van der Waals surface area contributed by atoms with E-state index < -0.39 is 5.41 Å². The Hall–Kier alpha value is -1.39. The Bertz CT molecular complexity index is 394. The molecule has 0 spiro atoms. The number of aryl methyl sites for hydroxylation is 1. The molecule has 0 radical (unpaired) electrons. The van der Waals surface area contributed by atoms with Gasteiger partial charge in [0.1, 0.15) is 11.2 Å². The van der Waals surface area contributed by atoms with Gasteiger partial charge in [-0.05, 0) is 26.7 Å². The lowest BCUT2D eigenvalue weighted by molar-refractivity contribution is -0.152. The van der Waals surface area contributed by atoms with Crippen molar-refractivity contribution >= 4 is 5.97 Å². The first-order valence-corrected chi connectivity index (χ1v) is 6.26. The number of nitrogens with one attached hydrogen (secondary N) is 1. The summed E-state index contributed by atoms with van der Waals surface area (Å²) in [7, 11) is 0. The molecule has 2 rings (SSSR count). The van der Waals surface area contributed by atoms with Gasteiger partial charge in [-0.1, -0.05) is 19.3 Å². The molecular weight excluding hydrogens is 218 g/mol. The number of aromatic amines is 1. The summed E-state index contributed by atoms with van der Waals surface area (Å²) in [6.45, 7) is 4.08. The molecule has 0 saturated heterocycles. The molecule has 5 heteroatoms. The van der Waals surface area contributed by atoms with E-state index >= 15 is 0 Å². The van der Waals surface area contributed by atoms with E-state index in [-0.39, 0.29) is 5.97 Å². The van der Waals surface area contributed by atoms with E-state index in [1.165, 1.54) is 6.42 Å². The number of nitrogens with zero attached hydrogens (tertiary/aromatic N) is 2. The third-order valence-electron chi connectivity index (χ3n) is 3.40. The van der Waals surface area contributed by atoms with E-state index in [0.717, 1.165) is 31.5 Å². The van der Waals surface area contributed by atoms with Crippen molar-refractivity contribution < 1.29 is 9.53 Å². The molecule has 1 heterocycles. The van der Waals surface area contributed by atoms with Gasteiger partial charge in [0.15, 0.2) is 5.82 Å². The van der Waals surface area contributed by atoms with E-state index in [1.807, 2.05) is 13.8 Å². The van der Waals surface area contributed by atoms with Crippen LogP contribution >= 0.6 is 0 Å². The molecule has 1 aliphatic carbocycles. The maximum absolute atomic E-state index is 12.2. The van der Waals surface area contributed by atoms with Gasteiger partial charge in [-0.2, -0.15) is 5.10 Å². The first-order valence-electron chi connectivity index (χ1n) is 6.26. The van der Waals surface area contributed by atoms with Crippen molar-refractivity contribution in [2.24, 2.45) is 0 Å². The fourth-order valence-corrected chi connectivity index (χ4v) is 2.50. The average Bonchev–Trinajstić information content (AvgIpc) is 2.77. The first-order chi connectivity index (χ1) is 8.19. The molecule has 1 aliphatic rings. The second kappa shape index (κ2) is 4.85. The highest BCUT2D eigenvalue weighted by Gasteiger charge is 2.45. The molecule has 0 amide bonds. The van der Waals surface area contributed by atoms with Gasteiger partial charge in [0.05, 0.1) is 6.61 Å². The van der Waals surface area contributed by atoms with Crippen LogP contribution in [-0.2, 0) is 14.9 Å². The van der Waals surface area contributed by atoms with Crippen molar-refractivity contribution in [1.29, 1.82) is 0 Å². The molecule has 0 aliphatic heterocycles. The summed E-state index contributed by atoms with van der Waals surface area (Å²) in [5.41, 5.74) is -0.612. The van der Waals surface area contributed by atoms with Gasteiger partial charge in [0, 0.05) is 0 Å². The molecular formula is C12H19N3O2. The van der Waals surface area contributed by atoms with Crippen LogP contribution in [0, 0.1) is 6.92 Å². The number of hydrogen-bond acceptors (Lipinski definition) is 4. The van der Waals surface area contributed by atoms with Crippen LogP contribution in [0.25, 0.3) is 0 Å². The highest BCUT2D eigenvalue weighted by atomic mass is 16.5. The summed E-state index contributed by atoms with van der Waals surface area (Å²) in [5.74, 6) is 1.18.